The summed E-state index contributed by atoms with van der Waals surface area (Å²) in [5.74, 6) is -1.31. The molecule has 1 aliphatic heterocycles. The number of nitrogens with zero attached hydrogens (tertiary/aromatic N) is 4. The maximum absolute atomic E-state index is 13.6. The highest BCUT2D eigenvalue weighted by Crippen LogP contribution is 2.36. The number of amides is 1. The van der Waals surface area contributed by atoms with Crippen LogP contribution in [-0.4, -0.2) is 70.0 Å². The molecule has 1 aromatic heterocycles. The van der Waals surface area contributed by atoms with Crippen LogP contribution in [0.5, 0.6) is 0 Å². The topological polar surface area (TPSA) is 98.7 Å². The third kappa shape index (κ3) is 7.26. The normalized spacial score (nSPS) is 20.6. The van der Waals surface area contributed by atoms with Gasteiger partial charge in [-0.3, -0.25) is 9.59 Å². The van der Waals surface area contributed by atoms with Crippen molar-refractivity contribution in [1.82, 2.24) is 19.8 Å². The molecule has 0 radical (unpaired) electrons. The van der Waals surface area contributed by atoms with Gasteiger partial charge in [0.1, 0.15) is 0 Å². The number of halogens is 3. The minimum atomic E-state index is -4.59. The molecule has 1 saturated heterocycles. The van der Waals surface area contributed by atoms with Gasteiger partial charge in [-0.05, 0) is 95.3 Å². The second-order valence-corrected chi connectivity index (χ2v) is 10.7. The van der Waals surface area contributed by atoms with Gasteiger partial charge in [0.25, 0.3) is 5.91 Å². The standard InChI is InChI=1S/C28H36F3N5O3/c1-35-15-13-21(14-16-35)36(2)25(37)19-9-11-20(12-10-19)33-27-32-17-23(28(29,30)31)24(34-27)8-4-6-18-5-3-7-22(18)26(38)39/h9-12,17-18,21-22H,3-8,13-16H2,1-2H3,(H,38,39)(H,32,33,34)/t18-,22-/m0/s1. The molecule has 1 aromatic carbocycles. The Hall–Kier alpha value is -3.21. The number of likely N-dealkylation sites (tertiary alicyclic amines) is 1. The summed E-state index contributed by atoms with van der Waals surface area (Å²) < 4.78 is 40.9. The van der Waals surface area contributed by atoms with E-state index < -0.39 is 23.6 Å². The summed E-state index contributed by atoms with van der Waals surface area (Å²) in [6.45, 7) is 1.90. The molecule has 0 bridgehead atoms. The molecule has 0 spiro atoms. The van der Waals surface area contributed by atoms with Gasteiger partial charge in [0.2, 0.25) is 5.95 Å². The fourth-order valence-electron chi connectivity index (χ4n) is 5.72. The van der Waals surface area contributed by atoms with E-state index in [0.717, 1.165) is 45.0 Å². The van der Waals surface area contributed by atoms with Crippen molar-refractivity contribution in [2.24, 2.45) is 11.8 Å². The second-order valence-electron chi connectivity index (χ2n) is 10.7. The van der Waals surface area contributed by atoms with Crippen molar-refractivity contribution < 1.29 is 27.9 Å². The molecule has 4 rings (SSSR count). The number of benzene rings is 1. The van der Waals surface area contributed by atoms with Crippen LogP contribution in [0.4, 0.5) is 24.8 Å². The van der Waals surface area contributed by atoms with E-state index in [4.69, 9.17) is 0 Å². The number of hydrogen-bond acceptors (Lipinski definition) is 6. The summed E-state index contributed by atoms with van der Waals surface area (Å²) in [6, 6.07) is 6.92. The van der Waals surface area contributed by atoms with Crippen molar-refractivity contribution in [1.29, 1.82) is 0 Å². The first-order valence-corrected chi connectivity index (χ1v) is 13.5. The lowest BCUT2D eigenvalue weighted by Crippen LogP contribution is -2.44. The van der Waals surface area contributed by atoms with Crippen molar-refractivity contribution >= 4 is 23.5 Å². The molecule has 212 valence electrons. The Balaban J connectivity index is 1.40. The van der Waals surface area contributed by atoms with Gasteiger partial charge >= 0.3 is 12.1 Å². The number of aromatic nitrogens is 2. The molecule has 2 aliphatic rings. The molecule has 1 aliphatic carbocycles. The summed E-state index contributed by atoms with van der Waals surface area (Å²) in [4.78, 5) is 36.4. The molecule has 2 atom stereocenters. The molecule has 39 heavy (non-hydrogen) atoms. The number of piperidine rings is 1. The molecule has 2 aromatic rings. The number of carboxylic acid groups (broad SMARTS) is 1. The van der Waals surface area contributed by atoms with E-state index in [1.54, 1.807) is 29.2 Å². The number of carbonyl (C=O) groups excluding carboxylic acids is 1. The first-order chi connectivity index (χ1) is 18.5. The minimum absolute atomic E-state index is 0.0176. The molecule has 11 heteroatoms. The Morgan fingerprint density at radius 3 is 2.46 bits per heavy atom. The first kappa shape index (κ1) is 28.8. The van der Waals surface area contributed by atoms with Crippen LogP contribution >= 0.6 is 0 Å². The number of carboxylic acids is 1. The van der Waals surface area contributed by atoms with E-state index >= 15 is 0 Å². The lowest BCUT2D eigenvalue weighted by molar-refractivity contribution is -0.143. The van der Waals surface area contributed by atoms with Crippen molar-refractivity contribution in [3.05, 3.63) is 47.3 Å². The van der Waals surface area contributed by atoms with Crippen LogP contribution in [0.2, 0.25) is 0 Å². The molecule has 1 amide bonds. The number of nitrogens with one attached hydrogen (secondary N) is 1. The van der Waals surface area contributed by atoms with Crippen LogP contribution in [0.15, 0.2) is 30.5 Å². The number of rotatable bonds is 9. The zero-order valence-corrected chi connectivity index (χ0v) is 22.4. The summed E-state index contributed by atoms with van der Waals surface area (Å²) in [7, 11) is 3.89. The molecular formula is C28H36F3N5O3. The predicted molar refractivity (Wildman–Crippen MR) is 141 cm³/mol. The predicted octanol–water partition coefficient (Wildman–Crippen LogP) is 5.23. The highest BCUT2D eigenvalue weighted by Gasteiger charge is 2.36. The molecule has 2 fully saturated rings. The quantitative estimate of drug-likeness (QED) is 0.444. The van der Waals surface area contributed by atoms with Gasteiger partial charge in [0.15, 0.2) is 0 Å². The first-order valence-electron chi connectivity index (χ1n) is 13.5. The number of hydrogen-bond donors (Lipinski definition) is 2. The molecule has 2 heterocycles. The molecular weight excluding hydrogens is 511 g/mol. The molecule has 1 saturated carbocycles. The van der Waals surface area contributed by atoms with Gasteiger partial charge < -0.3 is 20.2 Å². The Kier molecular flexibility index (Phi) is 9.09. The Morgan fingerprint density at radius 2 is 1.82 bits per heavy atom. The zero-order chi connectivity index (χ0) is 28.2. The Bertz CT molecular complexity index is 1150. The van der Waals surface area contributed by atoms with Gasteiger partial charge in [-0.1, -0.05) is 6.42 Å². The summed E-state index contributed by atoms with van der Waals surface area (Å²) in [5, 5.41) is 12.3. The third-order valence-corrected chi connectivity index (χ3v) is 8.08. The van der Waals surface area contributed by atoms with Crippen LogP contribution in [0.1, 0.15) is 66.6 Å². The number of aryl methyl sites for hydroxylation is 1. The van der Waals surface area contributed by atoms with Gasteiger partial charge in [-0.15, -0.1) is 0 Å². The molecule has 8 nitrogen and oxygen atoms in total. The van der Waals surface area contributed by atoms with Crippen molar-refractivity contribution in [3.63, 3.8) is 0 Å². The van der Waals surface area contributed by atoms with E-state index in [-0.39, 0.29) is 35.9 Å². The van der Waals surface area contributed by atoms with Gasteiger partial charge in [0, 0.05) is 30.5 Å². The molecule has 2 N–H and O–H groups in total. The van der Waals surface area contributed by atoms with Crippen LogP contribution in [0.25, 0.3) is 0 Å². The van der Waals surface area contributed by atoms with Crippen LogP contribution < -0.4 is 5.32 Å². The van der Waals surface area contributed by atoms with Crippen molar-refractivity contribution in [2.75, 3.05) is 32.5 Å². The van der Waals surface area contributed by atoms with E-state index in [2.05, 4.69) is 27.2 Å². The lowest BCUT2D eigenvalue weighted by Gasteiger charge is -2.35. The van der Waals surface area contributed by atoms with Crippen molar-refractivity contribution in [3.8, 4) is 0 Å². The lowest BCUT2D eigenvalue weighted by atomic mass is 9.90. The summed E-state index contributed by atoms with van der Waals surface area (Å²) in [5.41, 5.74) is 0.0839. The monoisotopic (exact) mass is 547 g/mol. The maximum Gasteiger partial charge on any atom is 0.419 e. The highest BCUT2D eigenvalue weighted by molar-refractivity contribution is 5.94. The number of alkyl halides is 3. The van der Waals surface area contributed by atoms with Crippen molar-refractivity contribution in [2.45, 2.75) is 63.6 Å². The fourth-order valence-corrected chi connectivity index (χ4v) is 5.72. The third-order valence-electron chi connectivity index (χ3n) is 8.08. The van der Waals surface area contributed by atoms with E-state index in [9.17, 15) is 27.9 Å². The van der Waals surface area contributed by atoms with E-state index in [0.29, 0.717) is 30.5 Å². The van der Waals surface area contributed by atoms with Crippen LogP contribution in [-0.2, 0) is 17.4 Å². The largest absolute Gasteiger partial charge is 0.481 e. The minimum Gasteiger partial charge on any atom is -0.481 e. The van der Waals surface area contributed by atoms with Gasteiger partial charge in [-0.25, -0.2) is 9.97 Å². The van der Waals surface area contributed by atoms with E-state index in [1.807, 2.05) is 7.05 Å². The van der Waals surface area contributed by atoms with Gasteiger partial charge in [-0.2, -0.15) is 13.2 Å². The van der Waals surface area contributed by atoms with E-state index in [1.165, 1.54) is 0 Å². The van der Waals surface area contributed by atoms with Crippen LogP contribution in [0, 0.1) is 11.8 Å². The number of anilines is 2. The average molecular weight is 548 g/mol. The highest BCUT2D eigenvalue weighted by atomic mass is 19.4. The van der Waals surface area contributed by atoms with Crippen LogP contribution in [0.3, 0.4) is 0 Å². The number of aliphatic carboxylic acids is 1. The fraction of sp³-hybridized carbons (Fsp3) is 0.571. The number of carbonyl (C=O) groups is 2. The smallest absolute Gasteiger partial charge is 0.419 e. The molecule has 0 unspecified atom stereocenters. The summed E-state index contributed by atoms with van der Waals surface area (Å²) in [6.07, 6.45) is 1.31. The maximum atomic E-state index is 13.6. The van der Waals surface area contributed by atoms with Gasteiger partial charge in [0.05, 0.1) is 17.2 Å². The average Bonchev–Trinajstić information content (AvgIpc) is 3.37. The Morgan fingerprint density at radius 1 is 1.13 bits per heavy atom. The SMILES string of the molecule is CN1CCC(N(C)C(=O)c2ccc(Nc3ncc(C(F)(F)F)c(CCC[C@@H]4CCC[C@@H]4C(=O)O)n3)cc2)CC1. The Labute approximate surface area is 226 Å². The second kappa shape index (κ2) is 12.3. The summed E-state index contributed by atoms with van der Waals surface area (Å²) >= 11 is 0. The zero-order valence-electron chi connectivity index (χ0n) is 22.4.